The van der Waals surface area contributed by atoms with Gasteiger partial charge in [-0.05, 0) is 36.5 Å². The Labute approximate surface area is 119 Å². The van der Waals surface area contributed by atoms with Crippen LogP contribution < -0.4 is 0 Å². The van der Waals surface area contributed by atoms with Gasteiger partial charge in [-0.25, -0.2) is 0 Å². The highest BCUT2D eigenvalue weighted by Gasteiger charge is 2.39. The largest absolute Gasteiger partial charge is 0.508 e. The van der Waals surface area contributed by atoms with Crippen LogP contribution in [0.1, 0.15) is 36.4 Å². The van der Waals surface area contributed by atoms with E-state index in [1.807, 2.05) is 6.07 Å². The number of benzene rings is 1. The fourth-order valence-electron chi connectivity index (χ4n) is 4.16. The van der Waals surface area contributed by atoms with Crippen LogP contribution in [-0.4, -0.2) is 46.5 Å². The van der Waals surface area contributed by atoms with Crippen molar-refractivity contribution in [2.75, 3.05) is 19.6 Å². The molecular weight excluding hydrogens is 252 g/mol. The van der Waals surface area contributed by atoms with Crippen molar-refractivity contribution >= 4 is 5.91 Å². The van der Waals surface area contributed by atoms with E-state index in [0.29, 0.717) is 23.7 Å². The van der Waals surface area contributed by atoms with E-state index in [0.717, 1.165) is 50.9 Å². The highest BCUT2D eigenvalue weighted by Crippen LogP contribution is 2.41. The van der Waals surface area contributed by atoms with Crippen LogP contribution >= 0.6 is 0 Å². The van der Waals surface area contributed by atoms with Crippen molar-refractivity contribution in [1.29, 1.82) is 0 Å². The molecule has 3 aliphatic rings. The van der Waals surface area contributed by atoms with Crippen LogP contribution in [0, 0.1) is 0 Å². The van der Waals surface area contributed by atoms with Crippen LogP contribution in [-0.2, 0) is 11.2 Å². The zero-order valence-electron chi connectivity index (χ0n) is 11.6. The van der Waals surface area contributed by atoms with E-state index in [2.05, 4.69) is 15.9 Å². The lowest BCUT2D eigenvalue weighted by Crippen LogP contribution is -2.52. The van der Waals surface area contributed by atoms with E-state index in [1.54, 1.807) is 6.07 Å². The minimum Gasteiger partial charge on any atom is -0.508 e. The van der Waals surface area contributed by atoms with Crippen molar-refractivity contribution in [1.82, 2.24) is 9.80 Å². The molecule has 0 saturated carbocycles. The Hall–Kier alpha value is -1.55. The standard InChI is InChI=1S/C16H20N2O2/c19-15-3-1-2-12-13(15)5-6-14(12)17-8-9-18-11(10-17)4-7-16(18)20/h1-3,11,14,19H,4-10H2. The number of carbonyl (C=O) groups is 1. The molecule has 1 aromatic carbocycles. The lowest BCUT2D eigenvalue weighted by Gasteiger charge is -2.40. The van der Waals surface area contributed by atoms with Gasteiger partial charge in [-0.1, -0.05) is 12.1 Å². The molecule has 4 nitrogen and oxygen atoms in total. The fourth-order valence-corrected chi connectivity index (χ4v) is 4.16. The Balaban J connectivity index is 1.56. The van der Waals surface area contributed by atoms with Gasteiger partial charge in [0.25, 0.3) is 0 Å². The van der Waals surface area contributed by atoms with E-state index >= 15 is 0 Å². The molecule has 2 fully saturated rings. The molecular formula is C16H20N2O2. The summed E-state index contributed by atoms with van der Waals surface area (Å²) in [6.45, 7) is 2.82. The molecule has 1 N–H and O–H groups in total. The third-order valence-electron chi connectivity index (χ3n) is 5.18. The first kappa shape index (κ1) is 12.2. The molecule has 2 saturated heterocycles. The maximum absolute atomic E-state index is 11.8. The molecule has 2 aliphatic heterocycles. The third-order valence-corrected chi connectivity index (χ3v) is 5.18. The molecule has 2 heterocycles. The van der Waals surface area contributed by atoms with Crippen LogP contribution in [0.4, 0.5) is 0 Å². The number of carbonyl (C=O) groups excluding carboxylic acids is 1. The Morgan fingerprint density at radius 1 is 1.15 bits per heavy atom. The van der Waals surface area contributed by atoms with Crippen molar-refractivity contribution in [3.63, 3.8) is 0 Å². The van der Waals surface area contributed by atoms with Gasteiger partial charge < -0.3 is 10.0 Å². The number of amides is 1. The van der Waals surface area contributed by atoms with Gasteiger partial charge in [-0.3, -0.25) is 9.69 Å². The van der Waals surface area contributed by atoms with Crippen molar-refractivity contribution in [3.05, 3.63) is 29.3 Å². The molecule has 0 aromatic heterocycles. The highest BCUT2D eigenvalue weighted by molar-refractivity contribution is 5.79. The number of hydrogen-bond donors (Lipinski definition) is 1. The fraction of sp³-hybridized carbons (Fsp3) is 0.562. The van der Waals surface area contributed by atoms with Crippen LogP contribution in [0.2, 0.25) is 0 Å². The first-order valence-corrected chi connectivity index (χ1v) is 7.58. The van der Waals surface area contributed by atoms with Crippen LogP contribution in [0.25, 0.3) is 0 Å². The van der Waals surface area contributed by atoms with E-state index < -0.39 is 0 Å². The summed E-state index contributed by atoms with van der Waals surface area (Å²) in [7, 11) is 0. The van der Waals surface area contributed by atoms with Gasteiger partial charge in [0.05, 0.1) is 0 Å². The van der Waals surface area contributed by atoms with Crippen molar-refractivity contribution in [3.8, 4) is 5.75 Å². The predicted molar refractivity (Wildman–Crippen MR) is 75.5 cm³/mol. The number of aromatic hydroxyl groups is 1. The van der Waals surface area contributed by atoms with Gasteiger partial charge in [-0.2, -0.15) is 0 Å². The summed E-state index contributed by atoms with van der Waals surface area (Å²) in [6, 6.07) is 6.72. The molecule has 1 aromatic rings. The van der Waals surface area contributed by atoms with Crippen molar-refractivity contribution in [2.24, 2.45) is 0 Å². The first-order chi connectivity index (χ1) is 9.74. The number of nitrogens with zero attached hydrogens (tertiary/aromatic N) is 2. The van der Waals surface area contributed by atoms with Crippen LogP contribution in [0.15, 0.2) is 18.2 Å². The van der Waals surface area contributed by atoms with E-state index in [-0.39, 0.29) is 0 Å². The van der Waals surface area contributed by atoms with Crippen molar-refractivity contribution < 1.29 is 9.90 Å². The zero-order valence-corrected chi connectivity index (χ0v) is 11.6. The molecule has 0 spiro atoms. The molecule has 4 rings (SSSR count). The zero-order chi connectivity index (χ0) is 13.7. The molecule has 1 aliphatic carbocycles. The number of fused-ring (bicyclic) bond motifs is 2. The number of phenolic OH excluding ortho intramolecular Hbond substituents is 1. The first-order valence-electron chi connectivity index (χ1n) is 7.58. The van der Waals surface area contributed by atoms with Crippen LogP contribution in [0.3, 0.4) is 0 Å². The number of piperazine rings is 1. The minimum absolute atomic E-state index is 0.333. The lowest BCUT2D eigenvalue weighted by molar-refractivity contribution is -0.131. The van der Waals surface area contributed by atoms with E-state index in [1.165, 1.54) is 5.56 Å². The topological polar surface area (TPSA) is 43.8 Å². The average Bonchev–Trinajstić information content (AvgIpc) is 3.04. The molecule has 1 amide bonds. The van der Waals surface area contributed by atoms with E-state index in [9.17, 15) is 9.90 Å². The average molecular weight is 272 g/mol. The molecule has 106 valence electrons. The maximum atomic E-state index is 11.8. The van der Waals surface area contributed by atoms with Crippen LogP contribution in [0.5, 0.6) is 5.75 Å². The lowest BCUT2D eigenvalue weighted by atomic mass is 10.0. The number of rotatable bonds is 1. The summed E-state index contributed by atoms with van der Waals surface area (Å²) < 4.78 is 0. The highest BCUT2D eigenvalue weighted by atomic mass is 16.3. The SMILES string of the molecule is O=C1CCC2CN(C3CCc4c(O)cccc43)CCN12. The molecule has 0 radical (unpaired) electrons. The molecule has 4 heteroatoms. The monoisotopic (exact) mass is 272 g/mol. The normalized spacial score (nSPS) is 29.6. The van der Waals surface area contributed by atoms with Gasteiger partial charge in [-0.15, -0.1) is 0 Å². The Morgan fingerprint density at radius 3 is 2.95 bits per heavy atom. The minimum atomic E-state index is 0.333. The second kappa shape index (κ2) is 4.48. The third kappa shape index (κ3) is 1.74. The second-order valence-electron chi connectivity index (χ2n) is 6.17. The smallest absolute Gasteiger partial charge is 0.222 e. The quantitative estimate of drug-likeness (QED) is 0.846. The summed E-state index contributed by atoms with van der Waals surface area (Å²) in [6.07, 6.45) is 3.79. The van der Waals surface area contributed by atoms with Gasteiger partial charge in [0, 0.05) is 38.1 Å². The summed E-state index contributed by atoms with van der Waals surface area (Å²) in [5.74, 6) is 0.777. The molecule has 2 unspecified atom stereocenters. The second-order valence-corrected chi connectivity index (χ2v) is 6.17. The summed E-state index contributed by atoms with van der Waals surface area (Å²) in [4.78, 5) is 16.3. The Kier molecular flexibility index (Phi) is 2.74. The molecule has 20 heavy (non-hydrogen) atoms. The van der Waals surface area contributed by atoms with Gasteiger partial charge >= 0.3 is 0 Å². The van der Waals surface area contributed by atoms with Crippen molar-refractivity contribution in [2.45, 2.75) is 37.8 Å². The van der Waals surface area contributed by atoms with Gasteiger partial charge in [0.2, 0.25) is 5.91 Å². The number of hydrogen-bond acceptors (Lipinski definition) is 3. The molecule has 0 bridgehead atoms. The summed E-state index contributed by atoms with van der Waals surface area (Å²) >= 11 is 0. The summed E-state index contributed by atoms with van der Waals surface area (Å²) in [5.41, 5.74) is 2.42. The molecule has 2 atom stereocenters. The van der Waals surface area contributed by atoms with Gasteiger partial charge in [0.15, 0.2) is 0 Å². The Bertz CT molecular complexity index is 557. The Morgan fingerprint density at radius 2 is 2.05 bits per heavy atom. The van der Waals surface area contributed by atoms with E-state index in [4.69, 9.17) is 0 Å². The number of phenols is 1. The van der Waals surface area contributed by atoms with Gasteiger partial charge in [0.1, 0.15) is 5.75 Å². The maximum Gasteiger partial charge on any atom is 0.222 e. The predicted octanol–water partition coefficient (Wildman–Crippen LogP) is 1.69. The summed E-state index contributed by atoms with van der Waals surface area (Å²) in [5, 5.41) is 9.96.